The first-order chi connectivity index (χ1) is 13.3. The third kappa shape index (κ3) is 3.35. The summed E-state index contributed by atoms with van der Waals surface area (Å²) in [6.07, 6.45) is -5.56. The van der Waals surface area contributed by atoms with E-state index in [2.05, 4.69) is 15.0 Å². The molecule has 2 aromatic carbocycles. The molecule has 0 N–H and O–H groups in total. The van der Waals surface area contributed by atoms with Crippen molar-refractivity contribution in [3.05, 3.63) is 65.9 Å². The maximum Gasteiger partial charge on any atom is 0.428 e. The van der Waals surface area contributed by atoms with Crippen molar-refractivity contribution in [3.63, 3.8) is 0 Å². The lowest BCUT2D eigenvalue weighted by molar-refractivity contribution is -0.212. The van der Waals surface area contributed by atoms with Gasteiger partial charge in [-0.1, -0.05) is 35.5 Å². The number of oxazole rings is 1. The smallest absolute Gasteiger partial charge is 0.428 e. The van der Waals surface area contributed by atoms with Crippen molar-refractivity contribution in [2.24, 2.45) is 5.16 Å². The summed E-state index contributed by atoms with van der Waals surface area (Å²) in [5.41, 5.74) is 1.16. The lowest BCUT2D eigenvalue weighted by Gasteiger charge is -2.11. The van der Waals surface area contributed by atoms with Gasteiger partial charge < -0.3 is 9.25 Å². The number of oxime groups is 1. The van der Waals surface area contributed by atoms with Crippen LogP contribution < -0.4 is 0 Å². The SMILES string of the molecule is Fc1cccc(F)c1-c1nc(-c2ccc(C3=NOC(C(F)(F)F)C3)cc2)co1. The number of alkyl halides is 3. The topological polar surface area (TPSA) is 47.6 Å². The molecule has 0 radical (unpaired) electrons. The number of rotatable bonds is 3. The third-order valence-electron chi connectivity index (χ3n) is 4.23. The van der Waals surface area contributed by atoms with Gasteiger partial charge in [0.2, 0.25) is 12.0 Å². The Morgan fingerprint density at radius 3 is 2.18 bits per heavy atom. The van der Waals surface area contributed by atoms with Crippen molar-refractivity contribution < 1.29 is 31.2 Å². The molecule has 1 aromatic heterocycles. The van der Waals surface area contributed by atoms with E-state index in [4.69, 9.17) is 4.42 Å². The normalized spacial score (nSPS) is 16.8. The van der Waals surface area contributed by atoms with Crippen LogP contribution in [0.25, 0.3) is 22.7 Å². The molecular formula is C19H11F5N2O2. The van der Waals surface area contributed by atoms with Crippen LogP contribution in [0.1, 0.15) is 12.0 Å². The fraction of sp³-hybridized carbons (Fsp3) is 0.158. The van der Waals surface area contributed by atoms with Gasteiger partial charge >= 0.3 is 6.18 Å². The Bertz CT molecular complexity index is 1020. The van der Waals surface area contributed by atoms with E-state index in [-0.39, 0.29) is 23.6 Å². The maximum absolute atomic E-state index is 13.8. The molecule has 1 unspecified atom stereocenters. The summed E-state index contributed by atoms with van der Waals surface area (Å²) in [6, 6.07) is 9.74. The molecule has 3 aromatic rings. The van der Waals surface area contributed by atoms with E-state index in [0.29, 0.717) is 16.8 Å². The Labute approximate surface area is 155 Å². The van der Waals surface area contributed by atoms with E-state index in [0.717, 1.165) is 12.1 Å². The molecule has 0 saturated carbocycles. The Kier molecular flexibility index (Phi) is 4.37. The molecule has 0 bridgehead atoms. The maximum atomic E-state index is 13.8. The van der Waals surface area contributed by atoms with Gasteiger partial charge in [-0.25, -0.2) is 13.8 Å². The zero-order valence-corrected chi connectivity index (χ0v) is 14.0. The van der Waals surface area contributed by atoms with Gasteiger partial charge in [0.1, 0.15) is 29.2 Å². The highest BCUT2D eigenvalue weighted by molar-refractivity contribution is 6.01. The predicted octanol–water partition coefficient (Wildman–Crippen LogP) is 5.34. The molecule has 0 amide bonds. The first-order valence-electron chi connectivity index (χ1n) is 8.13. The summed E-state index contributed by atoms with van der Waals surface area (Å²) in [7, 11) is 0. The lowest BCUT2D eigenvalue weighted by atomic mass is 10.0. The molecule has 1 atom stereocenters. The molecule has 0 aliphatic carbocycles. The standard InChI is InChI=1S/C19H11F5N2O2/c20-12-2-1-3-13(21)17(12)18-25-15(9-27-18)11-6-4-10(5-7-11)14-8-16(28-26-14)19(22,23)24/h1-7,9,16H,8H2. The van der Waals surface area contributed by atoms with Crippen LogP contribution in [0, 0.1) is 11.6 Å². The molecule has 0 spiro atoms. The van der Waals surface area contributed by atoms with Crippen LogP contribution >= 0.6 is 0 Å². The van der Waals surface area contributed by atoms with Crippen LogP contribution in [0.5, 0.6) is 0 Å². The number of hydrogen-bond acceptors (Lipinski definition) is 4. The molecule has 0 saturated heterocycles. The van der Waals surface area contributed by atoms with E-state index < -0.39 is 23.9 Å². The summed E-state index contributed by atoms with van der Waals surface area (Å²) >= 11 is 0. The van der Waals surface area contributed by atoms with Crippen LogP contribution in [0.3, 0.4) is 0 Å². The second kappa shape index (κ2) is 6.74. The van der Waals surface area contributed by atoms with Crippen molar-refractivity contribution in [1.82, 2.24) is 4.98 Å². The Hall–Kier alpha value is -3.23. The molecule has 2 heterocycles. The molecule has 4 nitrogen and oxygen atoms in total. The highest BCUT2D eigenvalue weighted by atomic mass is 19.4. The van der Waals surface area contributed by atoms with Gasteiger partial charge in [0.15, 0.2) is 0 Å². The molecule has 0 fully saturated rings. The molecule has 1 aliphatic heterocycles. The van der Waals surface area contributed by atoms with E-state index >= 15 is 0 Å². The number of hydrogen-bond donors (Lipinski definition) is 0. The number of halogens is 5. The fourth-order valence-corrected chi connectivity index (χ4v) is 2.78. The fourth-order valence-electron chi connectivity index (χ4n) is 2.78. The van der Waals surface area contributed by atoms with Crippen LogP contribution in [0.15, 0.2) is 58.3 Å². The largest absolute Gasteiger partial charge is 0.444 e. The minimum Gasteiger partial charge on any atom is -0.444 e. The molecule has 1 aliphatic rings. The van der Waals surface area contributed by atoms with Crippen molar-refractivity contribution in [2.45, 2.75) is 18.7 Å². The van der Waals surface area contributed by atoms with Crippen molar-refractivity contribution >= 4 is 5.71 Å². The molecular weight excluding hydrogens is 383 g/mol. The average molecular weight is 394 g/mol. The molecule has 28 heavy (non-hydrogen) atoms. The minimum absolute atomic E-state index is 0.183. The van der Waals surface area contributed by atoms with E-state index in [1.54, 1.807) is 24.3 Å². The molecule has 4 rings (SSSR count). The number of benzene rings is 2. The summed E-state index contributed by atoms with van der Waals surface area (Å²) in [5, 5.41) is 3.50. The van der Waals surface area contributed by atoms with Crippen LogP contribution in [-0.2, 0) is 4.84 Å². The summed E-state index contributed by atoms with van der Waals surface area (Å²) in [5.74, 6) is -1.82. The van der Waals surface area contributed by atoms with Gasteiger partial charge in [0.25, 0.3) is 0 Å². The summed E-state index contributed by atoms with van der Waals surface area (Å²) in [4.78, 5) is 8.53. The molecule has 144 valence electrons. The Morgan fingerprint density at radius 2 is 1.57 bits per heavy atom. The van der Waals surface area contributed by atoms with Gasteiger partial charge in [-0.05, 0) is 17.7 Å². The van der Waals surface area contributed by atoms with Gasteiger partial charge in [0, 0.05) is 12.0 Å². The number of aromatic nitrogens is 1. The van der Waals surface area contributed by atoms with Gasteiger partial charge in [-0.2, -0.15) is 13.2 Å². The minimum atomic E-state index is -4.48. The van der Waals surface area contributed by atoms with E-state index in [1.165, 1.54) is 12.3 Å². The monoisotopic (exact) mass is 394 g/mol. The molecule has 9 heteroatoms. The van der Waals surface area contributed by atoms with Crippen molar-refractivity contribution in [3.8, 4) is 22.7 Å². The first kappa shape index (κ1) is 18.1. The van der Waals surface area contributed by atoms with Crippen molar-refractivity contribution in [1.29, 1.82) is 0 Å². The van der Waals surface area contributed by atoms with Gasteiger partial charge in [0.05, 0.1) is 5.71 Å². The van der Waals surface area contributed by atoms with E-state index in [1.807, 2.05) is 0 Å². The van der Waals surface area contributed by atoms with Crippen LogP contribution in [0.2, 0.25) is 0 Å². The lowest BCUT2D eigenvalue weighted by Crippen LogP contribution is -2.28. The zero-order chi connectivity index (χ0) is 19.9. The Balaban J connectivity index is 1.55. The number of nitrogens with zero attached hydrogens (tertiary/aromatic N) is 2. The van der Waals surface area contributed by atoms with Gasteiger partial charge in [-0.3, -0.25) is 0 Å². The van der Waals surface area contributed by atoms with Crippen LogP contribution in [-0.4, -0.2) is 23.0 Å². The van der Waals surface area contributed by atoms with Gasteiger partial charge in [-0.15, -0.1) is 0 Å². The Morgan fingerprint density at radius 1 is 0.929 bits per heavy atom. The zero-order valence-electron chi connectivity index (χ0n) is 14.0. The van der Waals surface area contributed by atoms with Crippen LogP contribution in [0.4, 0.5) is 22.0 Å². The highest BCUT2D eigenvalue weighted by Crippen LogP contribution is 2.32. The second-order valence-corrected chi connectivity index (χ2v) is 6.09. The summed E-state index contributed by atoms with van der Waals surface area (Å²) in [6.45, 7) is 0. The predicted molar refractivity (Wildman–Crippen MR) is 89.4 cm³/mol. The summed E-state index contributed by atoms with van der Waals surface area (Å²) < 4.78 is 70.9. The third-order valence-corrected chi connectivity index (χ3v) is 4.23. The van der Waals surface area contributed by atoms with E-state index in [9.17, 15) is 22.0 Å². The highest BCUT2D eigenvalue weighted by Gasteiger charge is 2.45. The first-order valence-corrected chi connectivity index (χ1v) is 8.13. The quantitative estimate of drug-likeness (QED) is 0.564. The van der Waals surface area contributed by atoms with Crippen molar-refractivity contribution in [2.75, 3.05) is 0 Å². The second-order valence-electron chi connectivity index (χ2n) is 6.09. The average Bonchev–Trinajstić information content (AvgIpc) is 3.32.